The van der Waals surface area contributed by atoms with Crippen molar-refractivity contribution in [3.63, 3.8) is 0 Å². The number of hydrogen-bond acceptors (Lipinski definition) is 2. The van der Waals surface area contributed by atoms with Gasteiger partial charge in [-0.3, -0.25) is 9.48 Å². The van der Waals surface area contributed by atoms with Crippen molar-refractivity contribution in [1.29, 1.82) is 0 Å². The van der Waals surface area contributed by atoms with Crippen LogP contribution in [0.3, 0.4) is 0 Å². The molecule has 0 radical (unpaired) electrons. The van der Waals surface area contributed by atoms with Crippen molar-refractivity contribution in [2.45, 2.75) is 26.7 Å². The van der Waals surface area contributed by atoms with Crippen LogP contribution in [-0.4, -0.2) is 15.6 Å². The molecule has 1 aromatic rings. The topological polar surface area (TPSA) is 34.9 Å². The van der Waals surface area contributed by atoms with Gasteiger partial charge in [-0.2, -0.15) is 5.10 Å². The summed E-state index contributed by atoms with van der Waals surface area (Å²) in [5.41, 5.74) is 2.49. The van der Waals surface area contributed by atoms with Crippen LogP contribution in [0.5, 0.6) is 0 Å². The number of hydrogen-bond donors (Lipinski definition) is 0. The Kier molecular flexibility index (Phi) is 3.85. The van der Waals surface area contributed by atoms with E-state index in [1.807, 2.05) is 14.0 Å². The van der Waals surface area contributed by atoms with E-state index in [0.29, 0.717) is 12.0 Å². The fourth-order valence-corrected chi connectivity index (χ4v) is 2.07. The lowest BCUT2D eigenvalue weighted by Crippen LogP contribution is -2.08. The summed E-state index contributed by atoms with van der Waals surface area (Å²) in [7, 11) is 1.85. The van der Waals surface area contributed by atoms with Crippen LogP contribution in [-0.2, 0) is 24.7 Å². The van der Waals surface area contributed by atoms with Crippen molar-refractivity contribution >= 4 is 21.7 Å². The van der Waals surface area contributed by atoms with Crippen molar-refractivity contribution in [2.24, 2.45) is 7.05 Å². The van der Waals surface area contributed by atoms with E-state index in [0.717, 1.165) is 22.3 Å². The van der Waals surface area contributed by atoms with Gasteiger partial charge in [-0.1, -0.05) is 13.5 Å². The third-order valence-corrected chi connectivity index (χ3v) is 3.22. The van der Waals surface area contributed by atoms with E-state index in [1.165, 1.54) is 0 Å². The maximum atomic E-state index is 11.6. The number of aromatic nitrogens is 2. The van der Waals surface area contributed by atoms with Gasteiger partial charge in [0.2, 0.25) is 0 Å². The molecule has 1 aromatic heterocycles. The Labute approximate surface area is 98.3 Å². The zero-order valence-corrected chi connectivity index (χ0v) is 10.9. The average Bonchev–Trinajstić information content (AvgIpc) is 2.44. The third kappa shape index (κ3) is 2.56. The first kappa shape index (κ1) is 12.2. The maximum absolute atomic E-state index is 11.6. The van der Waals surface area contributed by atoms with E-state index in [4.69, 9.17) is 0 Å². The molecule has 1 heterocycles. The highest BCUT2D eigenvalue weighted by Gasteiger charge is 2.15. The van der Waals surface area contributed by atoms with Gasteiger partial charge < -0.3 is 0 Å². The molecule has 0 N–H and O–H groups in total. The number of aryl methyl sites for hydroxylation is 2. The van der Waals surface area contributed by atoms with Crippen LogP contribution in [0.25, 0.3) is 0 Å². The van der Waals surface area contributed by atoms with Crippen molar-refractivity contribution in [3.05, 3.63) is 28.0 Å². The quantitative estimate of drug-likeness (QED) is 0.788. The molecule has 0 spiro atoms. The molecule has 0 unspecified atom stereocenters. The summed E-state index contributed by atoms with van der Waals surface area (Å²) in [6.07, 6.45) is 1.22. The first-order valence-electron chi connectivity index (χ1n) is 4.86. The molecule has 0 aliphatic carbocycles. The minimum absolute atomic E-state index is 0.0568. The van der Waals surface area contributed by atoms with Crippen molar-refractivity contribution < 1.29 is 4.79 Å². The second-order valence-corrected chi connectivity index (χ2v) is 4.36. The average molecular weight is 271 g/mol. The van der Waals surface area contributed by atoms with E-state index in [2.05, 4.69) is 27.6 Å². The highest BCUT2D eigenvalue weighted by Crippen LogP contribution is 2.22. The van der Waals surface area contributed by atoms with E-state index in [-0.39, 0.29) is 5.78 Å². The highest BCUT2D eigenvalue weighted by atomic mass is 79.9. The van der Waals surface area contributed by atoms with E-state index < -0.39 is 0 Å². The summed E-state index contributed by atoms with van der Waals surface area (Å²) in [4.78, 5) is 11.6. The standard InChI is InChI=1S/C11H15BrN2O/c1-5-8-11(12)9(14(4)13-8)6-10(15)7(2)3/h2,5-6H2,1,3-4H3. The van der Waals surface area contributed by atoms with Crippen molar-refractivity contribution in [3.8, 4) is 0 Å². The monoisotopic (exact) mass is 270 g/mol. The summed E-state index contributed by atoms with van der Waals surface area (Å²) < 4.78 is 2.70. The molecule has 0 aliphatic rings. The SMILES string of the molecule is C=C(C)C(=O)Cc1c(Br)c(CC)nn1C. The summed E-state index contributed by atoms with van der Waals surface area (Å²) in [6.45, 7) is 7.41. The molecule has 82 valence electrons. The lowest BCUT2D eigenvalue weighted by atomic mass is 10.1. The first-order chi connectivity index (χ1) is 6.97. The number of carbonyl (C=O) groups excluding carboxylic acids is 1. The van der Waals surface area contributed by atoms with E-state index in [9.17, 15) is 4.79 Å². The van der Waals surface area contributed by atoms with Crippen LogP contribution >= 0.6 is 15.9 Å². The van der Waals surface area contributed by atoms with Gasteiger partial charge in [0.25, 0.3) is 0 Å². The van der Waals surface area contributed by atoms with Gasteiger partial charge in [0.15, 0.2) is 5.78 Å². The lowest BCUT2D eigenvalue weighted by molar-refractivity contribution is -0.115. The number of carbonyl (C=O) groups is 1. The largest absolute Gasteiger partial charge is 0.294 e. The van der Waals surface area contributed by atoms with E-state index in [1.54, 1.807) is 11.6 Å². The fourth-order valence-electron chi connectivity index (χ4n) is 1.31. The molecule has 0 fully saturated rings. The number of ketones is 1. The Bertz CT molecular complexity index is 407. The number of rotatable bonds is 4. The molecular weight excluding hydrogens is 256 g/mol. The molecule has 0 saturated carbocycles. The summed E-state index contributed by atoms with van der Waals surface area (Å²) in [5.74, 6) is 0.0568. The second kappa shape index (κ2) is 4.75. The zero-order chi connectivity index (χ0) is 11.6. The molecule has 1 rings (SSSR count). The normalized spacial score (nSPS) is 10.4. The van der Waals surface area contributed by atoms with Crippen LogP contribution in [0.4, 0.5) is 0 Å². The molecule has 15 heavy (non-hydrogen) atoms. The molecule has 0 amide bonds. The minimum Gasteiger partial charge on any atom is -0.294 e. The number of halogens is 1. The van der Waals surface area contributed by atoms with Gasteiger partial charge in [-0.25, -0.2) is 0 Å². The predicted molar refractivity (Wildman–Crippen MR) is 63.8 cm³/mol. The van der Waals surface area contributed by atoms with E-state index >= 15 is 0 Å². The van der Waals surface area contributed by atoms with Crippen LogP contribution < -0.4 is 0 Å². The molecule has 4 heteroatoms. The number of allylic oxidation sites excluding steroid dienone is 1. The van der Waals surface area contributed by atoms with Gasteiger partial charge in [0.1, 0.15) is 0 Å². The molecule has 0 bridgehead atoms. The van der Waals surface area contributed by atoms with Crippen molar-refractivity contribution in [1.82, 2.24) is 9.78 Å². The summed E-state index contributed by atoms with van der Waals surface area (Å²) in [6, 6.07) is 0. The second-order valence-electron chi connectivity index (χ2n) is 3.56. The van der Waals surface area contributed by atoms with Crippen LogP contribution in [0.15, 0.2) is 16.6 Å². The maximum Gasteiger partial charge on any atom is 0.163 e. The van der Waals surface area contributed by atoms with Gasteiger partial charge in [0.05, 0.1) is 22.3 Å². The summed E-state index contributed by atoms with van der Waals surface area (Å²) in [5, 5.41) is 4.33. The Morgan fingerprint density at radius 2 is 2.20 bits per heavy atom. The van der Waals surface area contributed by atoms with Gasteiger partial charge in [-0.15, -0.1) is 0 Å². The van der Waals surface area contributed by atoms with Crippen LogP contribution in [0.2, 0.25) is 0 Å². The highest BCUT2D eigenvalue weighted by molar-refractivity contribution is 9.10. The van der Waals surface area contributed by atoms with Gasteiger partial charge >= 0.3 is 0 Å². The van der Waals surface area contributed by atoms with Crippen LogP contribution in [0.1, 0.15) is 25.2 Å². The molecule has 3 nitrogen and oxygen atoms in total. The lowest BCUT2D eigenvalue weighted by Gasteiger charge is -2.01. The Morgan fingerprint density at radius 1 is 1.60 bits per heavy atom. The Balaban J connectivity index is 2.99. The molecule has 0 aromatic carbocycles. The van der Waals surface area contributed by atoms with Gasteiger partial charge in [0, 0.05) is 7.05 Å². The minimum atomic E-state index is 0.0568. The molecule has 0 atom stereocenters. The molecule has 0 aliphatic heterocycles. The predicted octanol–water partition coefficient (Wildman–Crippen LogP) is 2.43. The Morgan fingerprint density at radius 3 is 2.60 bits per heavy atom. The van der Waals surface area contributed by atoms with Crippen LogP contribution in [0, 0.1) is 0 Å². The summed E-state index contributed by atoms with van der Waals surface area (Å²) >= 11 is 3.47. The molecular formula is C11H15BrN2O. The van der Waals surface area contributed by atoms with Crippen molar-refractivity contribution in [2.75, 3.05) is 0 Å². The fraction of sp³-hybridized carbons (Fsp3) is 0.455. The number of Topliss-reactive ketones (excluding diaryl/α,β-unsaturated/α-hetero) is 1. The third-order valence-electron chi connectivity index (χ3n) is 2.31. The number of nitrogens with zero attached hydrogens (tertiary/aromatic N) is 2. The smallest absolute Gasteiger partial charge is 0.163 e. The Hall–Kier alpha value is -0.900. The zero-order valence-electron chi connectivity index (χ0n) is 9.30. The molecule has 0 saturated heterocycles. The first-order valence-corrected chi connectivity index (χ1v) is 5.65. The van der Waals surface area contributed by atoms with Gasteiger partial charge in [-0.05, 0) is 34.8 Å².